The van der Waals surface area contributed by atoms with E-state index in [2.05, 4.69) is 183 Å². The fraction of sp³-hybridized carbons (Fsp3) is 0.238. The third-order valence-electron chi connectivity index (χ3n) is 14.3. The van der Waals surface area contributed by atoms with Gasteiger partial charge in [0.05, 0.1) is 13.7 Å². The number of nitrogens with zero attached hydrogens (tertiary/aromatic N) is 3. The van der Waals surface area contributed by atoms with E-state index in [1.807, 2.05) is 12.1 Å². The second-order valence-corrected chi connectivity index (χ2v) is 22.0. The quantitative estimate of drug-likeness (QED) is 0.160. The van der Waals surface area contributed by atoms with Gasteiger partial charge >= 0.3 is 0 Å². The third kappa shape index (κ3) is 6.94. The van der Waals surface area contributed by atoms with Crippen LogP contribution in [0.15, 0.2) is 176 Å². The first-order valence-electron chi connectivity index (χ1n) is 28.4. The van der Waals surface area contributed by atoms with Gasteiger partial charge in [-0.1, -0.05) is 173 Å². The highest BCUT2D eigenvalue weighted by Gasteiger charge is 2.45. The van der Waals surface area contributed by atoms with Crippen molar-refractivity contribution in [1.29, 1.82) is 0 Å². The molecule has 2 aliphatic heterocycles. The molecule has 0 amide bonds. The first-order valence-corrected chi connectivity index (χ1v) is 23.4. The standard InChI is InChI=1S/C63H62BN3/c1-60(2,3)41-26-29-46(30-27-41)66-55-35-28-42(61(4,5)6)36-54(55)64-53-34-32-48(65(44-20-14-12-15-21-44)45-22-16-13-17-23-45)40-56(53)67(58-38-43(62(7,8)9)37-57(66)59(58)64)47-31-33-52-50(39-47)49-24-18-19-25-51(49)63(52,10)11/h12-40H,1-11H3/i12D,13D,14D,15D,16D,17D,20D,21D,22D,23D. The molecule has 1 aliphatic carbocycles. The molecule has 0 fully saturated rings. The fourth-order valence-electron chi connectivity index (χ4n) is 10.6. The normalized spacial score (nSPS) is 16.6. The van der Waals surface area contributed by atoms with Crippen molar-refractivity contribution in [1.82, 2.24) is 0 Å². The molecule has 11 rings (SSSR count). The van der Waals surface area contributed by atoms with E-state index in [1.54, 1.807) is 6.07 Å². The molecule has 0 N–H and O–H groups in total. The van der Waals surface area contributed by atoms with Gasteiger partial charge in [0.2, 0.25) is 0 Å². The van der Waals surface area contributed by atoms with Crippen molar-refractivity contribution in [2.45, 2.75) is 97.8 Å². The van der Waals surface area contributed by atoms with Gasteiger partial charge < -0.3 is 14.7 Å². The number of rotatable bonds is 5. The molecule has 3 aliphatic rings. The van der Waals surface area contributed by atoms with E-state index in [-0.39, 0.29) is 45.4 Å². The Balaban J connectivity index is 1.29. The highest BCUT2D eigenvalue weighted by atomic mass is 15.2. The maximum absolute atomic E-state index is 9.35. The van der Waals surface area contributed by atoms with Crippen LogP contribution in [0.4, 0.5) is 51.2 Å². The summed E-state index contributed by atoms with van der Waals surface area (Å²) in [5.41, 5.74) is 15.4. The van der Waals surface area contributed by atoms with Gasteiger partial charge in [0, 0.05) is 56.6 Å². The van der Waals surface area contributed by atoms with Crippen LogP contribution in [0.1, 0.15) is 118 Å². The average Bonchev–Trinajstić information content (AvgIpc) is 3.61. The number of anilines is 9. The van der Waals surface area contributed by atoms with Gasteiger partial charge in [-0.2, -0.15) is 0 Å². The molecule has 332 valence electrons. The first kappa shape index (κ1) is 32.8. The van der Waals surface area contributed by atoms with E-state index < -0.39 is 60.4 Å². The van der Waals surface area contributed by atoms with Crippen molar-refractivity contribution in [3.63, 3.8) is 0 Å². The Hall–Kier alpha value is -6.78. The number of hydrogen-bond donors (Lipinski definition) is 0. The number of benzene rings is 8. The Morgan fingerprint density at radius 1 is 0.448 bits per heavy atom. The Bertz CT molecular complexity index is 3700. The highest BCUT2D eigenvalue weighted by Crippen LogP contribution is 2.53. The van der Waals surface area contributed by atoms with Crippen LogP contribution in [0.2, 0.25) is 0 Å². The van der Waals surface area contributed by atoms with Gasteiger partial charge in [-0.15, -0.1) is 0 Å². The summed E-state index contributed by atoms with van der Waals surface area (Å²) in [5, 5.41) is 0. The lowest BCUT2D eigenvalue weighted by Gasteiger charge is -2.45. The molecule has 3 nitrogen and oxygen atoms in total. The second kappa shape index (κ2) is 15.1. The zero-order valence-electron chi connectivity index (χ0n) is 50.4. The monoisotopic (exact) mass is 882 g/mol. The summed E-state index contributed by atoms with van der Waals surface area (Å²) in [6.07, 6.45) is 0. The van der Waals surface area contributed by atoms with Gasteiger partial charge in [0.25, 0.3) is 6.71 Å². The van der Waals surface area contributed by atoms with Crippen molar-refractivity contribution < 1.29 is 13.7 Å². The van der Waals surface area contributed by atoms with Crippen LogP contribution in [0.5, 0.6) is 0 Å². The SMILES string of the molecule is [2H]c1c([2H])c([2H])c(N(c2ccc3c(c2)N(c2ccc4c(c2)-c2ccccc2C4(C)C)c2cc(C(C)(C)C)cc4c2B3c2cc(C(C)(C)C)ccc2N4c2ccc(C(C)(C)C)cc2)c2c([2H])c([2H])c([2H])c([2H])c2[2H])c([2H])c1[2H]. The third-order valence-corrected chi connectivity index (χ3v) is 14.3. The number of fused-ring (bicyclic) bond motifs is 7. The molecule has 0 saturated heterocycles. The predicted molar refractivity (Wildman–Crippen MR) is 289 cm³/mol. The minimum Gasteiger partial charge on any atom is -0.311 e. The molecule has 0 aromatic heterocycles. The van der Waals surface area contributed by atoms with Crippen LogP contribution < -0.4 is 31.1 Å². The second-order valence-electron chi connectivity index (χ2n) is 22.0. The van der Waals surface area contributed by atoms with Gasteiger partial charge in [0.15, 0.2) is 0 Å². The Labute approximate surface area is 413 Å². The molecule has 4 heteroatoms. The summed E-state index contributed by atoms with van der Waals surface area (Å²) in [5.74, 6) is 0. The summed E-state index contributed by atoms with van der Waals surface area (Å²) in [4.78, 5) is 5.96. The van der Waals surface area contributed by atoms with Crippen LogP contribution >= 0.6 is 0 Å². The van der Waals surface area contributed by atoms with Crippen LogP contribution in [0.25, 0.3) is 11.1 Å². The van der Waals surface area contributed by atoms with E-state index >= 15 is 0 Å². The number of hydrogen-bond acceptors (Lipinski definition) is 3. The van der Waals surface area contributed by atoms with E-state index in [0.717, 1.165) is 67.1 Å². The fourth-order valence-corrected chi connectivity index (χ4v) is 10.6. The summed E-state index contributed by atoms with van der Waals surface area (Å²) >= 11 is 0. The molecule has 8 aromatic carbocycles. The molecule has 67 heavy (non-hydrogen) atoms. The van der Waals surface area contributed by atoms with Gasteiger partial charge in [0.1, 0.15) is 0 Å². The van der Waals surface area contributed by atoms with E-state index in [4.69, 9.17) is 8.22 Å². The van der Waals surface area contributed by atoms with Crippen molar-refractivity contribution in [3.05, 3.63) is 204 Å². The summed E-state index contributed by atoms with van der Waals surface area (Å²) < 4.78 is 89.9. The smallest absolute Gasteiger partial charge is 0.252 e. The largest absolute Gasteiger partial charge is 0.311 e. The van der Waals surface area contributed by atoms with Gasteiger partial charge in [-0.05, 0) is 150 Å². The topological polar surface area (TPSA) is 9.72 Å². The molecule has 0 spiro atoms. The minimum atomic E-state index is -0.624. The van der Waals surface area contributed by atoms with Crippen LogP contribution in [0, 0.1) is 0 Å². The number of para-hydroxylation sites is 2. The van der Waals surface area contributed by atoms with Crippen LogP contribution in [0.3, 0.4) is 0 Å². The zero-order valence-corrected chi connectivity index (χ0v) is 40.4. The van der Waals surface area contributed by atoms with Gasteiger partial charge in [-0.25, -0.2) is 0 Å². The van der Waals surface area contributed by atoms with E-state index in [9.17, 15) is 5.48 Å². The molecule has 0 saturated carbocycles. The van der Waals surface area contributed by atoms with E-state index in [0.29, 0.717) is 5.69 Å². The van der Waals surface area contributed by atoms with Crippen molar-refractivity contribution in [3.8, 4) is 11.1 Å². The molecule has 0 bridgehead atoms. The first-order chi connectivity index (χ1) is 36.0. The molecule has 0 atom stereocenters. The lowest BCUT2D eigenvalue weighted by atomic mass is 9.33. The summed E-state index contributed by atoms with van der Waals surface area (Å²) in [6, 6.07) is 35.2. The van der Waals surface area contributed by atoms with Crippen LogP contribution in [-0.4, -0.2) is 6.71 Å². The Morgan fingerprint density at radius 2 is 1.00 bits per heavy atom. The van der Waals surface area contributed by atoms with Crippen molar-refractivity contribution in [2.24, 2.45) is 0 Å². The van der Waals surface area contributed by atoms with Crippen LogP contribution in [-0.2, 0) is 21.7 Å². The predicted octanol–water partition coefficient (Wildman–Crippen LogP) is 15.4. The van der Waals surface area contributed by atoms with Crippen molar-refractivity contribution >= 4 is 74.3 Å². The molecule has 8 aromatic rings. The maximum atomic E-state index is 9.35. The van der Waals surface area contributed by atoms with Crippen molar-refractivity contribution in [2.75, 3.05) is 14.7 Å². The molecule has 0 radical (unpaired) electrons. The van der Waals surface area contributed by atoms with E-state index in [1.165, 1.54) is 21.6 Å². The highest BCUT2D eigenvalue weighted by molar-refractivity contribution is 7.00. The lowest BCUT2D eigenvalue weighted by molar-refractivity contribution is 0.589. The Kier molecular flexibility index (Phi) is 7.41. The Morgan fingerprint density at radius 3 is 1.61 bits per heavy atom. The molecule has 0 unspecified atom stereocenters. The minimum absolute atomic E-state index is 0.0638. The maximum Gasteiger partial charge on any atom is 0.252 e. The summed E-state index contributed by atoms with van der Waals surface area (Å²) in [7, 11) is 0. The lowest BCUT2D eigenvalue weighted by Crippen LogP contribution is -2.61. The summed E-state index contributed by atoms with van der Waals surface area (Å²) in [6.45, 7) is 24.2. The molecule has 2 heterocycles. The van der Waals surface area contributed by atoms with Gasteiger partial charge in [-0.3, -0.25) is 0 Å². The molecular formula is C63H62BN3. The zero-order chi connectivity index (χ0) is 55.5. The molecular weight excluding hydrogens is 810 g/mol. The average molecular weight is 882 g/mol.